The Morgan fingerprint density at radius 2 is 1.76 bits per heavy atom. The van der Waals surface area contributed by atoms with E-state index in [1.54, 1.807) is 18.6 Å². The highest BCUT2D eigenvalue weighted by Crippen LogP contribution is 2.31. The van der Waals surface area contributed by atoms with Crippen molar-refractivity contribution in [3.8, 4) is 22.6 Å². The Hall–Kier alpha value is -3.76. The van der Waals surface area contributed by atoms with Crippen LogP contribution < -0.4 is 0 Å². The standard InChI is InChI=1S/C21H23N5O.C2HF3O2/c1-13-14(2)25-19(24-13)18-8-15(5-6-23-18)16-7-17(10-22-9-16)20(27)26-11-21(3,4)12-26;3-2(4,5)1(6)7/h5-10H,11-12H2,1-4H3,(H,24,25);(H,6,7). The lowest BCUT2D eigenvalue weighted by Gasteiger charge is -2.45. The fraction of sp³-hybridized carbons (Fsp3) is 0.348. The normalized spacial score (nSPS) is 14.6. The molecule has 1 amide bonds. The fourth-order valence-corrected chi connectivity index (χ4v) is 3.44. The van der Waals surface area contributed by atoms with Crippen LogP contribution in [0.3, 0.4) is 0 Å². The summed E-state index contributed by atoms with van der Waals surface area (Å²) in [4.78, 5) is 39.9. The van der Waals surface area contributed by atoms with Gasteiger partial charge in [-0.3, -0.25) is 14.8 Å². The number of likely N-dealkylation sites (tertiary alicyclic amines) is 1. The minimum Gasteiger partial charge on any atom is -0.475 e. The third-order valence-electron chi connectivity index (χ3n) is 5.22. The van der Waals surface area contributed by atoms with Gasteiger partial charge in [0, 0.05) is 42.9 Å². The molecule has 3 aromatic heterocycles. The summed E-state index contributed by atoms with van der Waals surface area (Å²) in [5.41, 5.74) is 5.44. The van der Waals surface area contributed by atoms with Gasteiger partial charge in [0.1, 0.15) is 5.69 Å². The Bertz CT molecular complexity index is 1190. The number of carboxylic acids is 1. The first-order valence-electron chi connectivity index (χ1n) is 10.3. The number of amides is 1. The summed E-state index contributed by atoms with van der Waals surface area (Å²) in [5, 5.41) is 7.12. The van der Waals surface area contributed by atoms with Gasteiger partial charge in [-0.25, -0.2) is 9.78 Å². The van der Waals surface area contributed by atoms with E-state index in [1.807, 2.05) is 36.9 Å². The number of aromatic nitrogens is 4. The number of imidazole rings is 1. The molecule has 0 aliphatic carbocycles. The monoisotopic (exact) mass is 475 g/mol. The number of rotatable bonds is 3. The minimum atomic E-state index is -5.08. The predicted molar refractivity (Wildman–Crippen MR) is 118 cm³/mol. The number of aliphatic carboxylic acids is 1. The van der Waals surface area contributed by atoms with Gasteiger partial charge in [-0.05, 0) is 43.0 Å². The molecule has 0 radical (unpaired) electrons. The third-order valence-corrected chi connectivity index (χ3v) is 5.22. The van der Waals surface area contributed by atoms with Crippen molar-refractivity contribution in [2.75, 3.05) is 13.1 Å². The van der Waals surface area contributed by atoms with Crippen LogP contribution in [0.25, 0.3) is 22.6 Å². The van der Waals surface area contributed by atoms with E-state index in [-0.39, 0.29) is 11.3 Å². The lowest BCUT2D eigenvalue weighted by atomic mass is 9.84. The molecule has 0 aromatic carbocycles. The summed E-state index contributed by atoms with van der Waals surface area (Å²) in [6, 6.07) is 5.79. The molecule has 1 aliphatic rings. The molecular weight excluding hydrogens is 451 g/mol. The number of pyridine rings is 2. The molecule has 3 aromatic rings. The van der Waals surface area contributed by atoms with E-state index in [9.17, 15) is 18.0 Å². The van der Waals surface area contributed by atoms with Gasteiger partial charge in [0.25, 0.3) is 5.91 Å². The average Bonchev–Trinajstić information content (AvgIpc) is 3.10. The Labute approximate surface area is 193 Å². The number of hydrogen-bond donors (Lipinski definition) is 2. The molecule has 0 atom stereocenters. The highest BCUT2D eigenvalue weighted by atomic mass is 19.4. The van der Waals surface area contributed by atoms with Crippen LogP contribution in [0.15, 0.2) is 36.8 Å². The molecule has 1 aliphatic heterocycles. The Morgan fingerprint density at radius 1 is 1.12 bits per heavy atom. The molecule has 0 unspecified atom stereocenters. The molecule has 4 rings (SSSR count). The van der Waals surface area contributed by atoms with E-state index in [1.165, 1.54) is 0 Å². The van der Waals surface area contributed by atoms with E-state index < -0.39 is 12.1 Å². The quantitative estimate of drug-likeness (QED) is 0.585. The molecule has 1 saturated heterocycles. The van der Waals surface area contributed by atoms with Crippen LogP contribution in [-0.4, -0.2) is 61.1 Å². The molecule has 11 heteroatoms. The van der Waals surface area contributed by atoms with Gasteiger partial charge in [0.15, 0.2) is 5.82 Å². The number of alkyl halides is 3. The maximum atomic E-state index is 12.7. The zero-order valence-electron chi connectivity index (χ0n) is 19.1. The van der Waals surface area contributed by atoms with Gasteiger partial charge in [-0.2, -0.15) is 13.2 Å². The second-order valence-corrected chi connectivity index (χ2v) is 8.82. The van der Waals surface area contributed by atoms with E-state index >= 15 is 0 Å². The van der Waals surface area contributed by atoms with Gasteiger partial charge < -0.3 is 15.0 Å². The molecule has 0 saturated carbocycles. The summed E-state index contributed by atoms with van der Waals surface area (Å²) >= 11 is 0. The third kappa shape index (κ3) is 5.77. The topological polar surface area (TPSA) is 112 Å². The van der Waals surface area contributed by atoms with Crippen LogP contribution in [0.2, 0.25) is 0 Å². The van der Waals surface area contributed by atoms with Crippen molar-refractivity contribution in [1.29, 1.82) is 0 Å². The number of carboxylic acid groups (broad SMARTS) is 1. The maximum Gasteiger partial charge on any atom is 0.490 e. The van der Waals surface area contributed by atoms with Crippen molar-refractivity contribution in [1.82, 2.24) is 24.8 Å². The van der Waals surface area contributed by atoms with Gasteiger partial charge in [0.05, 0.1) is 11.3 Å². The molecule has 0 spiro atoms. The summed E-state index contributed by atoms with van der Waals surface area (Å²) in [6.07, 6.45) is 0.0807. The van der Waals surface area contributed by atoms with E-state index in [0.29, 0.717) is 5.56 Å². The lowest BCUT2D eigenvalue weighted by molar-refractivity contribution is -0.192. The van der Waals surface area contributed by atoms with Crippen molar-refractivity contribution in [2.45, 2.75) is 33.9 Å². The second kappa shape index (κ2) is 9.24. The molecule has 2 N–H and O–H groups in total. The van der Waals surface area contributed by atoms with Gasteiger partial charge in [-0.1, -0.05) is 13.8 Å². The lowest BCUT2D eigenvalue weighted by Crippen LogP contribution is -2.55. The number of aromatic amines is 1. The van der Waals surface area contributed by atoms with Crippen molar-refractivity contribution in [2.24, 2.45) is 5.41 Å². The minimum absolute atomic E-state index is 0.0373. The highest BCUT2D eigenvalue weighted by Gasteiger charge is 2.38. The average molecular weight is 475 g/mol. The zero-order valence-corrected chi connectivity index (χ0v) is 19.1. The first-order chi connectivity index (χ1) is 15.8. The summed E-state index contributed by atoms with van der Waals surface area (Å²) in [5.74, 6) is -1.97. The number of nitrogens with one attached hydrogen (secondary N) is 1. The van der Waals surface area contributed by atoms with Gasteiger partial charge in [-0.15, -0.1) is 0 Å². The number of H-pyrrole nitrogens is 1. The van der Waals surface area contributed by atoms with E-state index in [4.69, 9.17) is 9.90 Å². The largest absolute Gasteiger partial charge is 0.490 e. The Kier molecular flexibility index (Phi) is 6.76. The number of carbonyl (C=O) groups is 2. The number of halogens is 3. The Morgan fingerprint density at radius 3 is 2.29 bits per heavy atom. The number of aryl methyl sites for hydroxylation is 2. The smallest absolute Gasteiger partial charge is 0.475 e. The van der Waals surface area contributed by atoms with Crippen molar-refractivity contribution in [3.63, 3.8) is 0 Å². The highest BCUT2D eigenvalue weighted by molar-refractivity contribution is 5.95. The molecule has 180 valence electrons. The molecule has 0 bridgehead atoms. The van der Waals surface area contributed by atoms with E-state index in [2.05, 4.69) is 33.8 Å². The van der Waals surface area contributed by atoms with E-state index in [0.717, 1.165) is 47.1 Å². The van der Waals surface area contributed by atoms with Gasteiger partial charge in [0.2, 0.25) is 0 Å². The van der Waals surface area contributed by atoms with Crippen LogP contribution in [0.4, 0.5) is 13.2 Å². The fourth-order valence-electron chi connectivity index (χ4n) is 3.44. The number of hydrogen-bond acceptors (Lipinski definition) is 5. The predicted octanol–water partition coefficient (Wildman–Crippen LogP) is 4.27. The molecular formula is C23H24F3N5O3. The summed E-state index contributed by atoms with van der Waals surface area (Å²) in [7, 11) is 0. The van der Waals surface area contributed by atoms with Crippen molar-refractivity contribution >= 4 is 11.9 Å². The summed E-state index contributed by atoms with van der Waals surface area (Å²) in [6.45, 7) is 9.87. The Balaban J connectivity index is 0.000000406. The molecule has 4 heterocycles. The molecule has 8 nitrogen and oxygen atoms in total. The molecule has 34 heavy (non-hydrogen) atoms. The first-order valence-corrected chi connectivity index (χ1v) is 10.3. The maximum absolute atomic E-state index is 12.7. The van der Waals surface area contributed by atoms with Gasteiger partial charge >= 0.3 is 12.1 Å². The van der Waals surface area contributed by atoms with Crippen LogP contribution in [0, 0.1) is 19.3 Å². The van der Waals surface area contributed by atoms with Crippen LogP contribution in [-0.2, 0) is 4.79 Å². The number of carbonyl (C=O) groups excluding carboxylic acids is 1. The number of nitrogens with zero attached hydrogens (tertiary/aromatic N) is 4. The second-order valence-electron chi connectivity index (χ2n) is 8.82. The van der Waals surface area contributed by atoms with Crippen LogP contribution >= 0.6 is 0 Å². The first kappa shape index (κ1) is 24.9. The van der Waals surface area contributed by atoms with Crippen molar-refractivity contribution < 1.29 is 27.9 Å². The summed E-state index contributed by atoms with van der Waals surface area (Å²) < 4.78 is 31.7. The van der Waals surface area contributed by atoms with Crippen molar-refractivity contribution in [3.05, 3.63) is 53.7 Å². The zero-order chi connectivity index (χ0) is 25.3. The molecule has 1 fully saturated rings. The van der Waals surface area contributed by atoms with Crippen LogP contribution in [0.1, 0.15) is 35.6 Å². The SMILES string of the molecule is Cc1nc(-c2cc(-c3cncc(C(=O)N4CC(C)(C)C4)c3)ccn2)[nH]c1C.O=C(O)C(F)(F)F. The van der Waals surface area contributed by atoms with Crippen LogP contribution in [0.5, 0.6) is 0 Å².